The summed E-state index contributed by atoms with van der Waals surface area (Å²) >= 11 is 0. The summed E-state index contributed by atoms with van der Waals surface area (Å²) in [5.41, 5.74) is 5.17. The molecule has 0 aliphatic carbocycles. The molecule has 3 nitrogen and oxygen atoms in total. The molecule has 12 heavy (non-hydrogen) atoms. The Bertz CT molecular complexity index is 234. The number of hydrogen-bond acceptors (Lipinski definition) is 2. The maximum absolute atomic E-state index is 12.8. The van der Waals surface area contributed by atoms with Crippen LogP contribution in [0.1, 0.15) is 12.7 Å². The molecule has 0 saturated heterocycles. The largest absolute Gasteiger partial charge is 0.335 e. The minimum atomic E-state index is -0.974. The maximum Gasteiger partial charge on any atom is 0.119 e. The van der Waals surface area contributed by atoms with Crippen LogP contribution in [0.25, 0.3) is 0 Å². The standard InChI is InChI=1S/C8H14FN3/c1-2-12-4-3-11-8(12)5-7(9)6-10/h3-4,7H,2,5-6,10H2,1H3. The zero-order valence-corrected chi connectivity index (χ0v) is 7.20. The molecule has 1 aromatic heterocycles. The molecular weight excluding hydrogens is 157 g/mol. The normalized spacial score (nSPS) is 13.2. The van der Waals surface area contributed by atoms with Crippen LogP contribution in [-0.2, 0) is 13.0 Å². The van der Waals surface area contributed by atoms with Gasteiger partial charge in [0.2, 0.25) is 0 Å². The molecule has 4 heteroatoms. The second-order valence-corrected chi connectivity index (χ2v) is 2.67. The molecule has 0 fully saturated rings. The Morgan fingerprint density at radius 1 is 1.75 bits per heavy atom. The fourth-order valence-electron chi connectivity index (χ4n) is 1.10. The summed E-state index contributed by atoms with van der Waals surface area (Å²) in [5.74, 6) is 0.774. The number of rotatable bonds is 4. The third-order valence-corrected chi connectivity index (χ3v) is 1.80. The lowest BCUT2D eigenvalue weighted by Gasteiger charge is -2.06. The van der Waals surface area contributed by atoms with Crippen LogP contribution in [0.4, 0.5) is 4.39 Å². The highest BCUT2D eigenvalue weighted by Crippen LogP contribution is 2.03. The van der Waals surface area contributed by atoms with Crippen molar-refractivity contribution >= 4 is 0 Å². The molecule has 0 saturated carbocycles. The highest BCUT2D eigenvalue weighted by atomic mass is 19.1. The summed E-state index contributed by atoms with van der Waals surface area (Å²) < 4.78 is 14.8. The van der Waals surface area contributed by atoms with E-state index < -0.39 is 6.17 Å². The summed E-state index contributed by atoms with van der Waals surface area (Å²) in [4.78, 5) is 4.04. The number of imidazole rings is 1. The summed E-state index contributed by atoms with van der Waals surface area (Å²) in [6.07, 6.45) is 2.87. The van der Waals surface area contributed by atoms with Gasteiger partial charge in [0.25, 0.3) is 0 Å². The number of halogens is 1. The SMILES string of the molecule is CCn1ccnc1CC(F)CN. The fraction of sp³-hybridized carbons (Fsp3) is 0.625. The lowest BCUT2D eigenvalue weighted by atomic mass is 10.2. The average Bonchev–Trinajstić information content (AvgIpc) is 2.51. The van der Waals surface area contributed by atoms with E-state index in [2.05, 4.69) is 4.98 Å². The van der Waals surface area contributed by atoms with Crippen molar-refractivity contribution < 1.29 is 4.39 Å². The Morgan fingerprint density at radius 2 is 2.50 bits per heavy atom. The minimum absolute atomic E-state index is 0.0660. The van der Waals surface area contributed by atoms with E-state index >= 15 is 0 Å². The third kappa shape index (κ3) is 2.04. The maximum atomic E-state index is 12.8. The molecule has 1 heterocycles. The van der Waals surface area contributed by atoms with Gasteiger partial charge in [0.05, 0.1) is 0 Å². The van der Waals surface area contributed by atoms with Crippen LogP contribution in [0.2, 0.25) is 0 Å². The van der Waals surface area contributed by atoms with E-state index in [1.54, 1.807) is 6.20 Å². The lowest BCUT2D eigenvalue weighted by molar-refractivity contribution is 0.332. The molecule has 0 aromatic carbocycles. The molecular formula is C8H14FN3. The van der Waals surface area contributed by atoms with Crippen LogP contribution in [0.15, 0.2) is 12.4 Å². The number of nitrogens with two attached hydrogens (primary N) is 1. The Labute approximate surface area is 71.4 Å². The highest BCUT2D eigenvalue weighted by Gasteiger charge is 2.08. The van der Waals surface area contributed by atoms with Gasteiger partial charge in [0.15, 0.2) is 0 Å². The molecule has 0 aliphatic rings. The van der Waals surface area contributed by atoms with Gasteiger partial charge in [-0.1, -0.05) is 0 Å². The van der Waals surface area contributed by atoms with Gasteiger partial charge in [-0.3, -0.25) is 0 Å². The zero-order valence-electron chi connectivity index (χ0n) is 7.20. The first kappa shape index (κ1) is 9.19. The number of aromatic nitrogens is 2. The summed E-state index contributed by atoms with van der Waals surface area (Å²) in [6, 6.07) is 0. The quantitative estimate of drug-likeness (QED) is 0.726. The number of nitrogens with zero attached hydrogens (tertiary/aromatic N) is 2. The van der Waals surface area contributed by atoms with E-state index in [4.69, 9.17) is 5.73 Å². The van der Waals surface area contributed by atoms with Gasteiger partial charge >= 0.3 is 0 Å². The van der Waals surface area contributed by atoms with Crippen LogP contribution >= 0.6 is 0 Å². The van der Waals surface area contributed by atoms with Crippen molar-refractivity contribution in [2.24, 2.45) is 5.73 Å². The average molecular weight is 171 g/mol. The molecule has 2 N–H and O–H groups in total. The monoisotopic (exact) mass is 171 g/mol. The minimum Gasteiger partial charge on any atom is -0.335 e. The third-order valence-electron chi connectivity index (χ3n) is 1.80. The van der Waals surface area contributed by atoms with Gasteiger partial charge in [-0.25, -0.2) is 9.37 Å². The topological polar surface area (TPSA) is 43.8 Å². The van der Waals surface area contributed by atoms with E-state index in [-0.39, 0.29) is 6.54 Å². The van der Waals surface area contributed by atoms with Crippen LogP contribution in [-0.4, -0.2) is 22.3 Å². The predicted molar refractivity (Wildman–Crippen MR) is 45.6 cm³/mol. The van der Waals surface area contributed by atoms with Gasteiger partial charge in [0.1, 0.15) is 12.0 Å². The van der Waals surface area contributed by atoms with Gasteiger partial charge in [-0.2, -0.15) is 0 Å². The zero-order chi connectivity index (χ0) is 8.97. The van der Waals surface area contributed by atoms with E-state index in [9.17, 15) is 4.39 Å². The van der Waals surface area contributed by atoms with Crippen molar-refractivity contribution in [2.45, 2.75) is 26.1 Å². The molecule has 1 rings (SSSR count). The smallest absolute Gasteiger partial charge is 0.119 e. The number of hydrogen-bond donors (Lipinski definition) is 1. The first-order valence-electron chi connectivity index (χ1n) is 4.12. The lowest BCUT2D eigenvalue weighted by Crippen LogP contribution is -2.19. The molecule has 1 atom stereocenters. The molecule has 0 amide bonds. The van der Waals surface area contributed by atoms with Crippen LogP contribution < -0.4 is 5.73 Å². The Kier molecular flexibility index (Phi) is 3.22. The summed E-state index contributed by atoms with van der Waals surface area (Å²) in [6.45, 7) is 2.89. The first-order valence-corrected chi connectivity index (χ1v) is 4.12. The number of alkyl halides is 1. The van der Waals surface area contributed by atoms with Crippen molar-refractivity contribution in [3.05, 3.63) is 18.2 Å². The second kappa shape index (κ2) is 4.21. The predicted octanol–water partition coefficient (Wildman–Crippen LogP) is 0.742. The van der Waals surface area contributed by atoms with Crippen molar-refractivity contribution in [2.75, 3.05) is 6.54 Å². The summed E-state index contributed by atoms with van der Waals surface area (Å²) in [7, 11) is 0. The van der Waals surface area contributed by atoms with Gasteiger partial charge in [-0.15, -0.1) is 0 Å². The molecule has 68 valence electrons. The second-order valence-electron chi connectivity index (χ2n) is 2.67. The Morgan fingerprint density at radius 3 is 3.08 bits per heavy atom. The van der Waals surface area contributed by atoms with Crippen LogP contribution in [0.5, 0.6) is 0 Å². The van der Waals surface area contributed by atoms with E-state index in [1.165, 1.54) is 0 Å². The molecule has 0 aliphatic heterocycles. The molecule has 1 unspecified atom stereocenters. The van der Waals surface area contributed by atoms with Crippen molar-refractivity contribution in [1.29, 1.82) is 0 Å². The van der Waals surface area contributed by atoms with Gasteiger partial charge in [-0.05, 0) is 6.92 Å². The van der Waals surface area contributed by atoms with Crippen LogP contribution in [0.3, 0.4) is 0 Å². The first-order chi connectivity index (χ1) is 5.77. The van der Waals surface area contributed by atoms with E-state index in [0.29, 0.717) is 6.42 Å². The molecule has 0 bridgehead atoms. The fourth-order valence-corrected chi connectivity index (χ4v) is 1.10. The van der Waals surface area contributed by atoms with Crippen LogP contribution in [0, 0.1) is 0 Å². The van der Waals surface area contributed by atoms with Crippen molar-refractivity contribution in [3.8, 4) is 0 Å². The molecule has 0 spiro atoms. The van der Waals surface area contributed by atoms with E-state index in [1.807, 2.05) is 17.7 Å². The Hall–Kier alpha value is -0.900. The van der Waals surface area contributed by atoms with Crippen molar-refractivity contribution in [1.82, 2.24) is 9.55 Å². The summed E-state index contributed by atoms with van der Waals surface area (Å²) in [5, 5.41) is 0. The Balaban J connectivity index is 2.61. The van der Waals surface area contributed by atoms with Gasteiger partial charge in [0, 0.05) is 31.9 Å². The van der Waals surface area contributed by atoms with E-state index in [0.717, 1.165) is 12.4 Å². The molecule has 0 radical (unpaired) electrons. The van der Waals surface area contributed by atoms with Crippen molar-refractivity contribution in [3.63, 3.8) is 0 Å². The highest BCUT2D eigenvalue weighted by molar-refractivity contribution is 4.94. The molecule has 1 aromatic rings. The van der Waals surface area contributed by atoms with Gasteiger partial charge < -0.3 is 10.3 Å². The number of aryl methyl sites for hydroxylation is 1.